The van der Waals surface area contributed by atoms with Crippen molar-refractivity contribution in [3.8, 4) is 0 Å². The number of anilines is 4. The van der Waals surface area contributed by atoms with Crippen LogP contribution in [0.3, 0.4) is 0 Å². The number of aryl methyl sites for hydroxylation is 1. The molecule has 33 heavy (non-hydrogen) atoms. The second kappa shape index (κ2) is 10.2. The van der Waals surface area contributed by atoms with Gasteiger partial charge in [-0.05, 0) is 48.4 Å². The van der Waals surface area contributed by atoms with E-state index in [-0.39, 0.29) is 18.2 Å². The van der Waals surface area contributed by atoms with Gasteiger partial charge in [-0.15, -0.1) is 12.4 Å². The maximum atomic E-state index is 12.1. The zero-order chi connectivity index (χ0) is 22.7. The van der Waals surface area contributed by atoms with Crippen molar-refractivity contribution in [1.29, 1.82) is 0 Å². The van der Waals surface area contributed by atoms with Crippen molar-refractivity contribution < 1.29 is 8.42 Å². The molecule has 9 heteroatoms. The predicted octanol–water partition coefficient (Wildman–Crippen LogP) is 5.24. The second-order valence-electron chi connectivity index (χ2n) is 7.72. The number of rotatable bonds is 7. The van der Waals surface area contributed by atoms with Crippen LogP contribution in [0, 0.1) is 6.92 Å². The lowest BCUT2D eigenvalue weighted by Crippen LogP contribution is -2.23. The average molecular weight is 484 g/mol. The van der Waals surface area contributed by atoms with Crippen LogP contribution in [0.2, 0.25) is 0 Å². The first-order valence-corrected chi connectivity index (χ1v) is 11.8. The Morgan fingerprint density at radius 1 is 0.818 bits per heavy atom. The van der Waals surface area contributed by atoms with Crippen LogP contribution in [-0.2, 0) is 15.8 Å². The number of benzene rings is 3. The Morgan fingerprint density at radius 3 is 2.15 bits per heavy atom. The summed E-state index contributed by atoms with van der Waals surface area (Å²) >= 11 is 0. The number of sulfonamides is 1. The number of para-hydroxylation sites is 2. The molecule has 1 heterocycles. The normalized spacial score (nSPS) is 11.3. The summed E-state index contributed by atoms with van der Waals surface area (Å²) < 4.78 is 25.4. The van der Waals surface area contributed by atoms with Gasteiger partial charge in [-0.1, -0.05) is 42.5 Å². The minimum atomic E-state index is -3.31. The van der Waals surface area contributed by atoms with Gasteiger partial charge in [0.25, 0.3) is 0 Å². The highest BCUT2D eigenvalue weighted by atomic mass is 35.5. The predicted molar refractivity (Wildman–Crippen MR) is 137 cm³/mol. The van der Waals surface area contributed by atoms with E-state index in [1.807, 2.05) is 67.6 Å². The maximum absolute atomic E-state index is 12.1. The summed E-state index contributed by atoms with van der Waals surface area (Å²) in [5.41, 5.74) is 4.33. The van der Waals surface area contributed by atoms with E-state index >= 15 is 0 Å². The number of fused-ring (bicyclic) bond motifs is 1. The molecule has 2 N–H and O–H groups in total. The van der Waals surface area contributed by atoms with Gasteiger partial charge in [0.15, 0.2) is 0 Å². The standard InChI is InChI=1S/C24H25N5O2S.ClH/c1-17-8-7-11-21-22(17)27-24(28-23(21)25-19-9-5-4-6-10-19)26-20-14-12-18(13-15-20)16-32(30,31)29(2)3;/h4-15H,16H2,1-3H3,(H2,25,26,27,28);1H. The summed E-state index contributed by atoms with van der Waals surface area (Å²) in [5, 5.41) is 7.56. The van der Waals surface area contributed by atoms with E-state index < -0.39 is 10.0 Å². The molecule has 3 aromatic carbocycles. The third-order valence-corrected chi connectivity index (χ3v) is 6.89. The Hall–Kier alpha value is -3.20. The molecule has 0 fully saturated rings. The van der Waals surface area contributed by atoms with Gasteiger partial charge in [-0.2, -0.15) is 4.98 Å². The van der Waals surface area contributed by atoms with E-state index in [0.29, 0.717) is 17.3 Å². The minimum Gasteiger partial charge on any atom is -0.340 e. The molecule has 0 atom stereocenters. The SMILES string of the molecule is Cc1cccc2c(Nc3ccccc3)nc(Nc3ccc(CS(=O)(=O)N(C)C)cc3)nc12.Cl. The van der Waals surface area contributed by atoms with Crippen molar-refractivity contribution in [2.24, 2.45) is 0 Å². The van der Waals surface area contributed by atoms with Crippen LogP contribution in [0.1, 0.15) is 11.1 Å². The summed E-state index contributed by atoms with van der Waals surface area (Å²) in [4.78, 5) is 9.41. The highest BCUT2D eigenvalue weighted by molar-refractivity contribution is 7.88. The molecule has 0 saturated carbocycles. The largest absolute Gasteiger partial charge is 0.340 e. The Labute approximate surface area is 200 Å². The Balaban J connectivity index is 0.00000306. The summed E-state index contributed by atoms with van der Waals surface area (Å²) in [6.45, 7) is 2.02. The molecule has 0 radical (unpaired) electrons. The fraction of sp³-hybridized carbons (Fsp3) is 0.167. The van der Waals surface area contributed by atoms with Crippen LogP contribution in [-0.4, -0.2) is 36.8 Å². The first-order chi connectivity index (χ1) is 15.3. The van der Waals surface area contributed by atoms with E-state index in [9.17, 15) is 8.42 Å². The van der Waals surface area contributed by atoms with Crippen LogP contribution in [0.25, 0.3) is 10.9 Å². The summed E-state index contributed by atoms with van der Waals surface area (Å²) in [5.74, 6) is 1.12. The molecule has 0 saturated heterocycles. The number of halogens is 1. The third kappa shape index (κ3) is 5.78. The number of nitrogens with zero attached hydrogens (tertiary/aromatic N) is 3. The Morgan fingerprint density at radius 2 is 1.48 bits per heavy atom. The summed E-state index contributed by atoms with van der Waals surface area (Å²) in [7, 11) is -0.241. The topological polar surface area (TPSA) is 87.2 Å². The van der Waals surface area contributed by atoms with E-state index in [2.05, 4.69) is 10.6 Å². The molecule has 172 valence electrons. The van der Waals surface area contributed by atoms with Crippen molar-refractivity contribution in [1.82, 2.24) is 14.3 Å². The molecule has 0 amide bonds. The lowest BCUT2D eigenvalue weighted by Gasteiger charge is -2.14. The molecule has 0 spiro atoms. The molecule has 4 rings (SSSR count). The Bertz CT molecular complexity index is 1340. The van der Waals surface area contributed by atoms with Gasteiger partial charge < -0.3 is 10.6 Å². The Kier molecular flexibility index (Phi) is 7.53. The van der Waals surface area contributed by atoms with Crippen molar-refractivity contribution in [3.05, 3.63) is 83.9 Å². The average Bonchev–Trinajstić information content (AvgIpc) is 2.76. The molecule has 7 nitrogen and oxygen atoms in total. The quantitative estimate of drug-likeness (QED) is 0.374. The smallest absolute Gasteiger partial charge is 0.229 e. The first kappa shape index (κ1) is 24.4. The van der Waals surface area contributed by atoms with Crippen LogP contribution < -0.4 is 10.6 Å². The molecule has 0 bridgehead atoms. The fourth-order valence-electron chi connectivity index (χ4n) is 3.26. The van der Waals surface area contributed by atoms with Gasteiger partial charge in [0.1, 0.15) is 5.82 Å². The van der Waals surface area contributed by atoms with Crippen molar-refractivity contribution >= 4 is 56.5 Å². The minimum absolute atomic E-state index is 0. The van der Waals surface area contributed by atoms with Gasteiger partial charge in [0, 0.05) is 30.9 Å². The maximum Gasteiger partial charge on any atom is 0.229 e. The van der Waals surface area contributed by atoms with Crippen LogP contribution in [0.5, 0.6) is 0 Å². The highest BCUT2D eigenvalue weighted by Crippen LogP contribution is 2.28. The molecular formula is C24H26ClN5O2S. The molecule has 1 aromatic heterocycles. The molecule has 0 aliphatic carbocycles. The van der Waals surface area contributed by atoms with Crippen molar-refractivity contribution in [3.63, 3.8) is 0 Å². The molecular weight excluding hydrogens is 458 g/mol. The van der Waals surface area contributed by atoms with Crippen molar-refractivity contribution in [2.45, 2.75) is 12.7 Å². The molecule has 0 aliphatic heterocycles. The van der Waals surface area contributed by atoms with Crippen molar-refractivity contribution in [2.75, 3.05) is 24.7 Å². The van der Waals surface area contributed by atoms with E-state index in [0.717, 1.165) is 27.8 Å². The van der Waals surface area contributed by atoms with Gasteiger partial charge in [0.05, 0.1) is 11.3 Å². The lowest BCUT2D eigenvalue weighted by atomic mass is 10.1. The van der Waals surface area contributed by atoms with Crippen LogP contribution >= 0.6 is 12.4 Å². The number of aromatic nitrogens is 2. The van der Waals surface area contributed by atoms with Gasteiger partial charge in [0.2, 0.25) is 16.0 Å². The third-order valence-electron chi connectivity index (χ3n) is 5.08. The molecule has 0 aliphatic rings. The molecule has 4 aromatic rings. The van der Waals surface area contributed by atoms with E-state index in [4.69, 9.17) is 9.97 Å². The van der Waals surface area contributed by atoms with Crippen LogP contribution in [0.4, 0.5) is 23.1 Å². The number of hydrogen-bond donors (Lipinski definition) is 2. The van der Waals surface area contributed by atoms with E-state index in [1.54, 1.807) is 12.1 Å². The molecule has 0 unspecified atom stereocenters. The lowest BCUT2D eigenvalue weighted by molar-refractivity contribution is 0.520. The number of hydrogen-bond acceptors (Lipinski definition) is 6. The fourth-order valence-corrected chi connectivity index (χ4v) is 4.13. The van der Waals surface area contributed by atoms with Gasteiger partial charge in [-0.3, -0.25) is 0 Å². The summed E-state index contributed by atoms with van der Waals surface area (Å²) in [6, 6.07) is 23.1. The zero-order valence-corrected chi connectivity index (χ0v) is 20.2. The van der Waals surface area contributed by atoms with Gasteiger partial charge >= 0.3 is 0 Å². The first-order valence-electron chi connectivity index (χ1n) is 10.2. The zero-order valence-electron chi connectivity index (χ0n) is 18.6. The van der Waals surface area contributed by atoms with Crippen LogP contribution in [0.15, 0.2) is 72.8 Å². The second-order valence-corrected chi connectivity index (χ2v) is 9.90. The summed E-state index contributed by atoms with van der Waals surface area (Å²) in [6.07, 6.45) is 0. The van der Waals surface area contributed by atoms with E-state index in [1.165, 1.54) is 18.4 Å². The monoisotopic (exact) mass is 483 g/mol. The number of nitrogens with one attached hydrogen (secondary N) is 2. The highest BCUT2D eigenvalue weighted by Gasteiger charge is 2.15. The van der Waals surface area contributed by atoms with Gasteiger partial charge in [-0.25, -0.2) is 17.7 Å².